The molecule has 1 aromatic heterocycles. The molecule has 0 aliphatic carbocycles. The Morgan fingerprint density at radius 1 is 1.73 bits per heavy atom. The molecule has 0 saturated carbocycles. The molecule has 4 nitrogen and oxygen atoms in total. The molecule has 0 aliphatic rings. The number of aliphatic hydroxyl groups is 1. The van der Waals surface area contributed by atoms with Crippen LogP contribution in [0.4, 0.5) is 6.01 Å². The Morgan fingerprint density at radius 2 is 2.36 bits per heavy atom. The van der Waals surface area contributed by atoms with E-state index in [-0.39, 0.29) is 12.6 Å². The molecule has 11 heavy (non-hydrogen) atoms. The van der Waals surface area contributed by atoms with E-state index in [0.717, 1.165) is 0 Å². The van der Waals surface area contributed by atoms with Crippen LogP contribution in [0.1, 0.15) is 19.6 Å². The number of aliphatic hydroxyl groups excluding tert-OH is 1. The van der Waals surface area contributed by atoms with Crippen molar-refractivity contribution in [2.75, 3.05) is 12.3 Å². The summed E-state index contributed by atoms with van der Waals surface area (Å²) >= 11 is 0. The molecule has 1 rings (SSSR count). The molecule has 0 aromatic carbocycles. The van der Waals surface area contributed by atoms with Crippen molar-refractivity contribution >= 4 is 6.01 Å². The number of nitrogen functional groups attached to an aromatic ring is 1. The minimum absolute atomic E-state index is 0.0155. The first-order valence-corrected chi connectivity index (χ1v) is 3.39. The first-order chi connectivity index (χ1) is 5.06. The lowest BCUT2D eigenvalue weighted by Gasteiger charge is -2.16. The van der Waals surface area contributed by atoms with Gasteiger partial charge in [0.2, 0.25) is 0 Å². The molecule has 0 atom stereocenters. The van der Waals surface area contributed by atoms with Crippen molar-refractivity contribution in [3.8, 4) is 0 Å². The van der Waals surface area contributed by atoms with Gasteiger partial charge in [0, 0.05) is 5.41 Å². The maximum atomic E-state index is 8.93. The van der Waals surface area contributed by atoms with Gasteiger partial charge in [-0.05, 0) is 0 Å². The highest BCUT2D eigenvalue weighted by Gasteiger charge is 2.23. The van der Waals surface area contributed by atoms with Gasteiger partial charge in [-0.1, -0.05) is 13.8 Å². The lowest BCUT2D eigenvalue weighted by atomic mass is 9.92. The van der Waals surface area contributed by atoms with E-state index in [1.54, 1.807) is 0 Å². The molecular weight excluding hydrogens is 144 g/mol. The zero-order valence-electron chi connectivity index (χ0n) is 6.66. The lowest BCUT2D eigenvalue weighted by Crippen LogP contribution is -2.21. The first kappa shape index (κ1) is 8.07. The van der Waals surface area contributed by atoms with Gasteiger partial charge in [0.15, 0.2) is 0 Å². The molecule has 0 fully saturated rings. The third kappa shape index (κ3) is 1.51. The van der Waals surface area contributed by atoms with Crippen LogP contribution in [0.5, 0.6) is 0 Å². The summed E-state index contributed by atoms with van der Waals surface area (Å²) in [6.45, 7) is 3.72. The summed E-state index contributed by atoms with van der Waals surface area (Å²) < 4.78 is 5.05. The van der Waals surface area contributed by atoms with Crippen LogP contribution in [-0.2, 0) is 5.41 Å². The normalized spacial score (nSPS) is 11.9. The van der Waals surface area contributed by atoms with Crippen LogP contribution >= 0.6 is 0 Å². The van der Waals surface area contributed by atoms with E-state index in [9.17, 15) is 0 Å². The highest BCUT2D eigenvalue weighted by molar-refractivity contribution is 5.16. The Balaban J connectivity index is 2.92. The molecule has 4 heteroatoms. The minimum Gasteiger partial charge on any atom is -0.428 e. The van der Waals surface area contributed by atoms with E-state index in [1.165, 1.54) is 6.20 Å². The molecule has 0 bridgehead atoms. The second kappa shape index (κ2) is 2.54. The zero-order chi connectivity index (χ0) is 8.48. The van der Waals surface area contributed by atoms with E-state index < -0.39 is 5.41 Å². The summed E-state index contributed by atoms with van der Waals surface area (Å²) in [4.78, 5) is 3.73. The van der Waals surface area contributed by atoms with Crippen molar-refractivity contribution in [3.05, 3.63) is 12.0 Å². The standard InChI is InChI=1S/C7H12N2O2/c1-7(2,4-10)5-3-9-6(8)11-5/h3,10H,4H2,1-2H3,(H2,8,9). The number of nitrogens with two attached hydrogens (primary N) is 1. The average molecular weight is 156 g/mol. The third-order valence-corrected chi connectivity index (χ3v) is 1.59. The molecule has 1 aromatic rings. The van der Waals surface area contributed by atoms with Crippen LogP contribution < -0.4 is 5.73 Å². The SMILES string of the molecule is CC(C)(CO)c1cnc(N)o1. The van der Waals surface area contributed by atoms with Gasteiger partial charge in [-0.3, -0.25) is 0 Å². The second-order valence-corrected chi connectivity index (χ2v) is 3.10. The van der Waals surface area contributed by atoms with Crippen LogP contribution in [0.15, 0.2) is 10.6 Å². The number of oxazole rings is 1. The first-order valence-electron chi connectivity index (χ1n) is 3.39. The average Bonchev–Trinajstić information content (AvgIpc) is 2.36. The van der Waals surface area contributed by atoms with E-state index in [1.807, 2.05) is 13.8 Å². The topological polar surface area (TPSA) is 72.3 Å². The summed E-state index contributed by atoms with van der Waals surface area (Å²) in [5, 5.41) is 8.93. The van der Waals surface area contributed by atoms with E-state index in [4.69, 9.17) is 15.3 Å². The second-order valence-electron chi connectivity index (χ2n) is 3.10. The Kier molecular flexibility index (Phi) is 1.87. The smallest absolute Gasteiger partial charge is 0.292 e. The molecular formula is C7H12N2O2. The molecule has 3 N–H and O–H groups in total. The van der Waals surface area contributed by atoms with Crippen LogP contribution in [0.2, 0.25) is 0 Å². The van der Waals surface area contributed by atoms with Crippen LogP contribution in [0.25, 0.3) is 0 Å². The lowest BCUT2D eigenvalue weighted by molar-refractivity contribution is 0.198. The largest absolute Gasteiger partial charge is 0.428 e. The van der Waals surface area contributed by atoms with Gasteiger partial charge in [-0.25, -0.2) is 4.98 Å². The number of hydrogen-bond acceptors (Lipinski definition) is 4. The molecule has 0 radical (unpaired) electrons. The molecule has 62 valence electrons. The molecule has 0 amide bonds. The van der Waals surface area contributed by atoms with Gasteiger partial charge in [0.1, 0.15) is 5.76 Å². The fraction of sp³-hybridized carbons (Fsp3) is 0.571. The molecule has 1 heterocycles. The van der Waals surface area contributed by atoms with Crippen molar-refractivity contribution in [2.45, 2.75) is 19.3 Å². The Hall–Kier alpha value is -1.03. The fourth-order valence-corrected chi connectivity index (χ4v) is 0.678. The summed E-state index contributed by atoms with van der Waals surface area (Å²) in [6.07, 6.45) is 1.53. The third-order valence-electron chi connectivity index (χ3n) is 1.59. The maximum absolute atomic E-state index is 8.93. The van der Waals surface area contributed by atoms with Gasteiger partial charge in [-0.2, -0.15) is 0 Å². The van der Waals surface area contributed by atoms with Gasteiger partial charge >= 0.3 is 0 Å². The summed E-state index contributed by atoms with van der Waals surface area (Å²) in [6, 6.07) is 0.140. The van der Waals surface area contributed by atoms with Gasteiger partial charge in [-0.15, -0.1) is 0 Å². The van der Waals surface area contributed by atoms with Gasteiger partial charge in [0.05, 0.1) is 12.8 Å². The predicted molar refractivity (Wildman–Crippen MR) is 41.0 cm³/mol. The molecule has 0 unspecified atom stereocenters. The Morgan fingerprint density at radius 3 is 2.73 bits per heavy atom. The zero-order valence-corrected chi connectivity index (χ0v) is 6.66. The van der Waals surface area contributed by atoms with Crippen LogP contribution in [0, 0.1) is 0 Å². The molecule has 0 saturated heterocycles. The monoisotopic (exact) mass is 156 g/mol. The number of nitrogens with zero attached hydrogens (tertiary/aromatic N) is 1. The van der Waals surface area contributed by atoms with Crippen molar-refractivity contribution in [2.24, 2.45) is 0 Å². The van der Waals surface area contributed by atoms with E-state index in [0.29, 0.717) is 5.76 Å². The summed E-state index contributed by atoms with van der Waals surface area (Å²) in [7, 11) is 0. The molecule has 0 aliphatic heterocycles. The number of anilines is 1. The summed E-state index contributed by atoms with van der Waals surface area (Å²) in [5.74, 6) is 0.609. The number of aromatic nitrogens is 1. The van der Waals surface area contributed by atoms with E-state index >= 15 is 0 Å². The number of rotatable bonds is 2. The van der Waals surface area contributed by atoms with Crippen molar-refractivity contribution < 1.29 is 9.52 Å². The highest BCUT2D eigenvalue weighted by Crippen LogP contribution is 2.23. The predicted octanol–water partition coefficient (Wildman–Crippen LogP) is 0.527. The van der Waals surface area contributed by atoms with Crippen LogP contribution in [0.3, 0.4) is 0 Å². The van der Waals surface area contributed by atoms with Crippen LogP contribution in [-0.4, -0.2) is 16.7 Å². The Labute approximate surface area is 65.0 Å². The molecule has 0 spiro atoms. The van der Waals surface area contributed by atoms with E-state index in [2.05, 4.69) is 4.98 Å². The van der Waals surface area contributed by atoms with Crippen molar-refractivity contribution in [3.63, 3.8) is 0 Å². The Bertz CT molecular complexity index is 242. The van der Waals surface area contributed by atoms with Gasteiger partial charge < -0.3 is 15.3 Å². The number of hydrogen-bond donors (Lipinski definition) is 2. The summed E-state index contributed by atoms with van der Waals surface area (Å²) in [5.41, 5.74) is 4.87. The highest BCUT2D eigenvalue weighted by atomic mass is 16.4. The fourth-order valence-electron chi connectivity index (χ4n) is 0.678. The van der Waals surface area contributed by atoms with Gasteiger partial charge in [0.25, 0.3) is 6.01 Å². The van der Waals surface area contributed by atoms with Crippen molar-refractivity contribution in [1.29, 1.82) is 0 Å². The minimum atomic E-state index is -0.398. The maximum Gasteiger partial charge on any atom is 0.292 e. The van der Waals surface area contributed by atoms with Crippen molar-refractivity contribution in [1.82, 2.24) is 4.98 Å². The quantitative estimate of drug-likeness (QED) is 0.655.